The third kappa shape index (κ3) is 2.91. The number of anilines is 1. The molecule has 1 heterocycles. The Balaban J connectivity index is 2.31. The zero-order valence-corrected chi connectivity index (χ0v) is 12.0. The van der Waals surface area contributed by atoms with Gasteiger partial charge in [0, 0.05) is 17.6 Å². The van der Waals surface area contributed by atoms with Gasteiger partial charge in [-0.2, -0.15) is 0 Å². The third-order valence-electron chi connectivity index (χ3n) is 2.85. The molecule has 1 aromatic carbocycles. The first kappa shape index (κ1) is 14.4. The molecule has 20 heavy (non-hydrogen) atoms. The van der Waals surface area contributed by atoms with Crippen molar-refractivity contribution in [1.82, 2.24) is 14.7 Å². The first-order valence-electron chi connectivity index (χ1n) is 5.85. The molecule has 0 fully saturated rings. The minimum Gasteiger partial charge on any atom is -0.495 e. The topological polar surface area (TPSA) is 110 Å². The third-order valence-corrected chi connectivity index (χ3v) is 4.27. The van der Waals surface area contributed by atoms with Crippen LogP contribution >= 0.6 is 0 Å². The van der Waals surface area contributed by atoms with E-state index in [2.05, 4.69) is 14.7 Å². The highest BCUT2D eigenvalue weighted by Crippen LogP contribution is 2.28. The van der Waals surface area contributed by atoms with Crippen LogP contribution in [0.25, 0.3) is 0 Å². The average molecular weight is 296 g/mol. The van der Waals surface area contributed by atoms with E-state index in [0.29, 0.717) is 11.4 Å². The van der Waals surface area contributed by atoms with Gasteiger partial charge in [-0.1, -0.05) is 0 Å². The minimum absolute atomic E-state index is 0.0163. The van der Waals surface area contributed by atoms with Crippen LogP contribution in [-0.4, -0.2) is 25.5 Å². The van der Waals surface area contributed by atoms with Crippen LogP contribution in [0.5, 0.6) is 5.75 Å². The first-order valence-corrected chi connectivity index (χ1v) is 7.33. The van der Waals surface area contributed by atoms with E-state index in [4.69, 9.17) is 10.5 Å². The van der Waals surface area contributed by atoms with Crippen LogP contribution in [0.2, 0.25) is 0 Å². The predicted octanol–water partition coefficient (Wildman–Crippen LogP) is 0.787. The van der Waals surface area contributed by atoms with Crippen molar-refractivity contribution in [3.63, 3.8) is 0 Å². The summed E-state index contributed by atoms with van der Waals surface area (Å²) in [5.74, 6) is 0.258. The minimum atomic E-state index is -3.72. The molecule has 0 amide bonds. The largest absolute Gasteiger partial charge is 0.495 e. The number of aromatic amines is 1. The molecule has 0 saturated carbocycles. The molecule has 0 unspecified atom stereocenters. The zero-order valence-electron chi connectivity index (χ0n) is 11.2. The number of sulfonamides is 1. The molecule has 8 heteroatoms. The number of nitrogens with zero attached hydrogens (tertiary/aromatic N) is 1. The molecule has 0 aliphatic heterocycles. The van der Waals surface area contributed by atoms with Gasteiger partial charge in [0.15, 0.2) is 0 Å². The summed E-state index contributed by atoms with van der Waals surface area (Å²) in [6.07, 6.45) is 3.03. The van der Waals surface area contributed by atoms with Crippen LogP contribution in [-0.2, 0) is 16.6 Å². The first-order chi connectivity index (χ1) is 9.44. The molecule has 0 atom stereocenters. The van der Waals surface area contributed by atoms with Crippen LogP contribution in [0.1, 0.15) is 11.3 Å². The van der Waals surface area contributed by atoms with Gasteiger partial charge in [-0.3, -0.25) is 0 Å². The number of aromatic nitrogens is 2. The van der Waals surface area contributed by atoms with Gasteiger partial charge in [0.05, 0.1) is 20.0 Å². The number of H-pyrrole nitrogens is 1. The number of nitrogens with two attached hydrogens (primary N) is 1. The number of benzene rings is 1. The van der Waals surface area contributed by atoms with Crippen LogP contribution in [0.15, 0.2) is 29.6 Å². The van der Waals surface area contributed by atoms with Crippen molar-refractivity contribution >= 4 is 15.7 Å². The fraction of sp³-hybridized carbons (Fsp3) is 0.250. The van der Waals surface area contributed by atoms with Crippen LogP contribution < -0.4 is 15.2 Å². The summed E-state index contributed by atoms with van der Waals surface area (Å²) in [5.41, 5.74) is 7.58. The lowest BCUT2D eigenvalue weighted by Gasteiger charge is -2.12. The second-order valence-corrected chi connectivity index (χ2v) is 6.00. The second kappa shape index (κ2) is 5.51. The number of rotatable bonds is 5. The molecule has 0 aliphatic carbocycles. The molecule has 7 nitrogen and oxygen atoms in total. The van der Waals surface area contributed by atoms with Gasteiger partial charge in [0.2, 0.25) is 10.0 Å². The molecule has 0 spiro atoms. The van der Waals surface area contributed by atoms with E-state index in [1.165, 1.54) is 19.5 Å². The fourth-order valence-electron chi connectivity index (χ4n) is 1.68. The quantitative estimate of drug-likeness (QED) is 0.706. The summed E-state index contributed by atoms with van der Waals surface area (Å²) in [4.78, 5) is 6.65. The van der Waals surface area contributed by atoms with Crippen molar-refractivity contribution < 1.29 is 13.2 Å². The van der Waals surface area contributed by atoms with Crippen LogP contribution in [0.3, 0.4) is 0 Å². The Kier molecular flexibility index (Phi) is 3.96. The molecule has 2 rings (SSSR count). The van der Waals surface area contributed by atoms with Gasteiger partial charge in [0.1, 0.15) is 10.6 Å². The average Bonchev–Trinajstić information content (AvgIpc) is 2.92. The molecular formula is C12H16N4O3S. The smallest absolute Gasteiger partial charge is 0.244 e. The number of hydrogen-bond donors (Lipinski definition) is 3. The molecule has 0 saturated heterocycles. The van der Waals surface area contributed by atoms with Gasteiger partial charge in [-0.25, -0.2) is 18.1 Å². The Morgan fingerprint density at radius 2 is 2.20 bits per heavy atom. The molecule has 0 aliphatic rings. The lowest BCUT2D eigenvalue weighted by molar-refractivity contribution is 0.402. The van der Waals surface area contributed by atoms with Crippen molar-refractivity contribution in [2.24, 2.45) is 0 Å². The standard InChI is InChI=1S/C12H16N4O3S/c1-8-3-11(19-2)12(4-10(8)13)20(17,18)16-6-9-5-14-7-15-9/h3-5,7,16H,6,13H2,1-2H3,(H,14,15). The predicted molar refractivity (Wildman–Crippen MR) is 74.8 cm³/mol. The van der Waals surface area contributed by atoms with Gasteiger partial charge in [-0.05, 0) is 24.6 Å². The Bertz CT molecular complexity index is 696. The summed E-state index contributed by atoms with van der Waals surface area (Å²) in [5, 5.41) is 0. The number of nitrogens with one attached hydrogen (secondary N) is 2. The van der Waals surface area contributed by atoms with E-state index >= 15 is 0 Å². The zero-order chi connectivity index (χ0) is 14.8. The summed E-state index contributed by atoms with van der Waals surface area (Å²) >= 11 is 0. The number of aryl methyl sites for hydroxylation is 1. The highest BCUT2D eigenvalue weighted by atomic mass is 32.2. The molecule has 4 N–H and O–H groups in total. The molecular weight excluding hydrogens is 280 g/mol. The van der Waals surface area contributed by atoms with E-state index in [-0.39, 0.29) is 17.2 Å². The Morgan fingerprint density at radius 1 is 1.45 bits per heavy atom. The number of methoxy groups -OCH3 is 1. The highest BCUT2D eigenvalue weighted by Gasteiger charge is 2.20. The molecule has 0 bridgehead atoms. The Labute approximate surface area is 117 Å². The summed E-state index contributed by atoms with van der Waals surface area (Å²) in [6.45, 7) is 1.89. The van der Waals surface area contributed by atoms with Crippen molar-refractivity contribution in [3.05, 3.63) is 35.9 Å². The number of nitrogen functional groups attached to an aromatic ring is 1. The van der Waals surface area contributed by atoms with Crippen molar-refractivity contribution in [2.45, 2.75) is 18.4 Å². The van der Waals surface area contributed by atoms with Crippen molar-refractivity contribution in [1.29, 1.82) is 0 Å². The molecule has 2 aromatic rings. The monoisotopic (exact) mass is 296 g/mol. The van der Waals surface area contributed by atoms with E-state index in [0.717, 1.165) is 5.56 Å². The normalized spacial score (nSPS) is 11.5. The maximum Gasteiger partial charge on any atom is 0.244 e. The molecule has 108 valence electrons. The molecule has 0 radical (unpaired) electrons. The van der Waals surface area contributed by atoms with E-state index < -0.39 is 10.0 Å². The maximum absolute atomic E-state index is 12.3. The Hall–Kier alpha value is -2.06. The lowest BCUT2D eigenvalue weighted by Crippen LogP contribution is -2.24. The van der Waals surface area contributed by atoms with Gasteiger partial charge in [-0.15, -0.1) is 0 Å². The van der Waals surface area contributed by atoms with Gasteiger partial charge >= 0.3 is 0 Å². The fourth-order valence-corrected chi connectivity index (χ4v) is 2.87. The Morgan fingerprint density at radius 3 is 2.80 bits per heavy atom. The number of ether oxygens (including phenoxy) is 1. The van der Waals surface area contributed by atoms with Crippen LogP contribution in [0, 0.1) is 6.92 Å². The van der Waals surface area contributed by atoms with Crippen molar-refractivity contribution in [2.75, 3.05) is 12.8 Å². The van der Waals surface area contributed by atoms with E-state index in [1.807, 2.05) is 0 Å². The molecule has 1 aromatic heterocycles. The van der Waals surface area contributed by atoms with Crippen molar-refractivity contribution in [3.8, 4) is 5.75 Å². The van der Waals surface area contributed by atoms with E-state index in [9.17, 15) is 8.42 Å². The summed E-state index contributed by atoms with van der Waals surface area (Å²) in [7, 11) is -2.31. The number of hydrogen-bond acceptors (Lipinski definition) is 5. The maximum atomic E-state index is 12.3. The van der Waals surface area contributed by atoms with Crippen LogP contribution in [0.4, 0.5) is 5.69 Å². The van der Waals surface area contributed by atoms with Gasteiger partial charge in [0.25, 0.3) is 0 Å². The second-order valence-electron chi connectivity index (χ2n) is 4.26. The summed E-state index contributed by atoms with van der Waals surface area (Å²) in [6, 6.07) is 2.99. The highest BCUT2D eigenvalue weighted by molar-refractivity contribution is 7.89. The van der Waals surface area contributed by atoms with Gasteiger partial charge < -0.3 is 15.5 Å². The lowest BCUT2D eigenvalue weighted by atomic mass is 10.2. The summed E-state index contributed by atoms with van der Waals surface area (Å²) < 4.78 is 32.2. The number of imidazole rings is 1. The van der Waals surface area contributed by atoms with E-state index in [1.54, 1.807) is 19.2 Å². The SMILES string of the molecule is COc1cc(C)c(N)cc1S(=O)(=O)NCc1cnc[nH]1.